The fourth-order valence-electron chi connectivity index (χ4n) is 0.693. The highest BCUT2D eigenvalue weighted by atomic mass is 19.1. The number of carboxylic acids is 1. The van der Waals surface area contributed by atoms with E-state index in [1.165, 1.54) is 6.07 Å². The number of carbonyl (C=O) groups is 1. The van der Waals surface area contributed by atoms with Gasteiger partial charge in [-0.2, -0.15) is 9.65 Å². The van der Waals surface area contributed by atoms with Crippen molar-refractivity contribution in [1.82, 2.24) is 4.98 Å². The maximum atomic E-state index is 12.3. The van der Waals surface area contributed by atoms with E-state index >= 15 is 0 Å². The minimum Gasteiger partial charge on any atom is -0.478 e. The molecule has 0 radical (unpaired) electrons. The third-order valence-electron chi connectivity index (χ3n) is 1.20. The normalized spacial score (nSPS) is 9.00. The average molecular weight is 166 g/mol. The van der Waals surface area contributed by atoms with Gasteiger partial charge in [0.25, 0.3) is 0 Å². The molecule has 1 rings (SSSR count). The van der Waals surface area contributed by atoms with Gasteiger partial charge in [0.2, 0.25) is 5.95 Å². The van der Waals surface area contributed by atoms with Crippen molar-refractivity contribution in [3.8, 4) is 6.07 Å². The highest BCUT2D eigenvalue weighted by molar-refractivity contribution is 5.89. The van der Waals surface area contributed by atoms with Crippen molar-refractivity contribution in [1.29, 1.82) is 5.26 Å². The molecule has 1 heterocycles. The van der Waals surface area contributed by atoms with Crippen molar-refractivity contribution in [2.75, 3.05) is 0 Å². The molecule has 0 aliphatic heterocycles. The van der Waals surface area contributed by atoms with E-state index in [0.717, 1.165) is 12.1 Å². The lowest BCUT2D eigenvalue weighted by Crippen LogP contribution is -2.03. The zero-order chi connectivity index (χ0) is 9.14. The number of nitriles is 1. The molecule has 0 aliphatic rings. The van der Waals surface area contributed by atoms with Gasteiger partial charge in [-0.25, -0.2) is 9.78 Å². The zero-order valence-corrected chi connectivity index (χ0v) is 5.78. The van der Waals surface area contributed by atoms with Gasteiger partial charge in [-0.15, -0.1) is 0 Å². The molecule has 0 aromatic carbocycles. The van der Waals surface area contributed by atoms with Gasteiger partial charge in [-0.3, -0.25) is 0 Å². The standard InChI is InChI=1S/C7H3FN2O2/c8-6-2-1-4(7(11)12)5(3-9)10-6/h1-2H,(H,11,12). The summed E-state index contributed by atoms with van der Waals surface area (Å²) in [6.45, 7) is 0. The third kappa shape index (κ3) is 1.37. The van der Waals surface area contributed by atoms with Gasteiger partial charge < -0.3 is 5.11 Å². The summed E-state index contributed by atoms with van der Waals surface area (Å²) in [5, 5.41) is 16.8. The third-order valence-corrected chi connectivity index (χ3v) is 1.20. The maximum Gasteiger partial charge on any atom is 0.338 e. The Bertz CT molecular complexity index is 370. The Labute approximate surface area is 66.9 Å². The summed E-state index contributed by atoms with van der Waals surface area (Å²) in [5.41, 5.74) is -0.707. The number of hydrogen-bond acceptors (Lipinski definition) is 3. The van der Waals surface area contributed by atoms with Crippen molar-refractivity contribution in [3.05, 3.63) is 29.3 Å². The number of rotatable bonds is 1. The number of nitrogens with zero attached hydrogens (tertiary/aromatic N) is 2. The molecule has 0 spiro atoms. The Balaban J connectivity index is 3.32. The van der Waals surface area contributed by atoms with Crippen LogP contribution in [0.15, 0.2) is 12.1 Å². The van der Waals surface area contributed by atoms with Crippen molar-refractivity contribution in [2.45, 2.75) is 0 Å². The first-order valence-corrected chi connectivity index (χ1v) is 2.95. The van der Waals surface area contributed by atoms with Crippen molar-refractivity contribution < 1.29 is 14.3 Å². The summed E-state index contributed by atoms with van der Waals surface area (Å²) < 4.78 is 12.3. The molecular weight excluding hydrogens is 163 g/mol. The Hall–Kier alpha value is -1.96. The van der Waals surface area contributed by atoms with Crippen LogP contribution in [0.25, 0.3) is 0 Å². The number of aromatic nitrogens is 1. The van der Waals surface area contributed by atoms with Crippen LogP contribution in [0.2, 0.25) is 0 Å². The van der Waals surface area contributed by atoms with Gasteiger partial charge in [-0.1, -0.05) is 0 Å². The Morgan fingerprint density at radius 2 is 2.33 bits per heavy atom. The fraction of sp³-hybridized carbons (Fsp3) is 0. The van der Waals surface area contributed by atoms with Gasteiger partial charge >= 0.3 is 5.97 Å². The van der Waals surface area contributed by atoms with E-state index in [9.17, 15) is 9.18 Å². The molecule has 4 nitrogen and oxygen atoms in total. The summed E-state index contributed by atoms with van der Waals surface area (Å²) in [6, 6.07) is 3.38. The van der Waals surface area contributed by atoms with Crippen LogP contribution >= 0.6 is 0 Å². The van der Waals surface area contributed by atoms with Crippen LogP contribution in [-0.2, 0) is 0 Å². The topological polar surface area (TPSA) is 74.0 Å². The molecule has 0 saturated heterocycles. The first-order chi connectivity index (χ1) is 5.65. The second-order valence-electron chi connectivity index (χ2n) is 1.95. The quantitative estimate of drug-likeness (QED) is 0.626. The fourth-order valence-corrected chi connectivity index (χ4v) is 0.693. The minimum absolute atomic E-state index is 0.293. The molecule has 12 heavy (non-hydrogen) atoms. The summed E-state index contributed by atoms with van der Waals surface area (Å²) >= 11 is 0. The van der Waals surface area contributed by atoms with E-state index in [0.29, 0.717) is 0 Å². The lowest BCUT2D eigenvalue weighted by atomic mass is 10.2. The molecule has 0 saturated carbocycles. The molecule has 60 valence electrons. The van der Waals surface area contributed by atoms with Crippen molar-refractivity contribution >= 4 is 5.97 Å². The number of pyridine rings is 1. The van der Waals surface area contributed by atoms with E-state index in [-0.39, 0.29) is 5.56 Å². The summed E-state index contributed by atoms with van der Waals surface area (Å²) in [6.07, 6.45) is 0. The van der Waals surface area contributed by atoms with Gasteiger partial charge in [0, 0.05) is 0 Å². The van der Waals surface area contributed by atoms with Crippen LogP contribution in [0.5, 0.6) is 0 Å². The lowest BCUT2D eigenvalue weighted by Gasteiger charge is -1.95. The van der Waals surface area contributed by atoms with Crippen LogP contribution in [0.4, 0.5) is 4.39 Å². The van der Waals surface area contributed by atoms with Crippen molar-refractivity contribution in [3.63, 3.8) is 0 Å². The molecule has 0 aliphatic carbocycles. The predicted molar refractivity (Wildman–Crippen MR) is 35.9 cm³/mol. The van der Waals surface area contributed by atoms with Gasteiger partial charge in [0.05, 0.1) is 5.56 Å². The van der Waals surface area contributed by atoms with Gasteiger partial charge in [-0.05, 0) is 12.1 Å². The summed E-state index contributed by atoms with van der Waals surface area (Å²) in [4.78, 5) is 13.5. The van der Waals surface area contributed by atoms with E-state index in [1.807, 2.05) is 0 Å². The number of hydrogen-bond donors (Lipinski definition) is 1. The maximum absolute atomic E-state index is 12.3. The predicted octanol–water partition coefficient (Wildman–Crippen LogP) is 0.791. The van der Waals surface area contributed by atoms with E-state index in [4.69, 9.17) is 10.4 Å². The second-order valence-corrected chi connectivity index (χ2v) is 1.95. The number of carboxylic acid groups (broad SMARTS) is 1. The minimum atomic E-state index is -1.29. The summed E-state index contributed by atoms with van der Waals surface area (Å²) in [7, 11) is 0. The first kappa shape index (κ1) is 8.14. The molecule has 0 atom stereocenters. The highest BCUT2D eigenvalue weighted by Crippen LogP contribution is 2.05. The Morgan fingerprint density at radius 3 is 2.83 bits per heavy atom. The van der Waals surface area contributed by atoms with E-state index in [2.05, 4.69) is 4.98 Å². The number of halogens is 1. The van der Waals surface area contributed by atoms with E-state index in [1.54, 1.807) is 0 Å². The number of aromatic carboxylic acids is 1. The largest absolute Gasteiger partial charge is 0.478 e. The first-order valence-electron chi connectivity index (χ1n) is 2.95. The molecule has 0 amide bonds. The van der Waals surface area contributed by atoms with Crippen LogP contribution in [0, 0.1) is 17.3 Å². The van der Waals surface area contributed by atoms with Crippen LogP contribution in [-0.4, -0.2) is 16.1 Å². The van der Waals surface area contributed by atoms with E-state index < -0.39 is 17.6 Å². The van der Waals surface area contributed by atoms with Crippen LogP contribution in [0.3, 0.4) is 0 Å². The Morgan fingerprint density at radius 1 is 1.67 bits per heavy atom. The molecule has 1 aromatic heterocycles. The zero-order valence-electron chi connectivity index (χ0n) is 5.78. The van der Waals surface area contributed by atoms with Gasteiger partial charge in [0.15, 0.2) is 5.69 Å². The molecule has 1 N–H and O–H groups in total. The SMILES string of the molecule is N#Cc1nc(F)ccc1C(=O)O. The molecular formula is C7H3FN2O2. The van der Waals surface area contributed by atoms with Gasteiger partial charge in [0.1, 0.15) is 6.07 Å². The Kier molecular flexibility index (Phi) is 2.01. The smallest absolute Gasteiger partial charge is 0.338 e. The molecule has 1 aromatic rings. The van der Waals surface area contributed by atoms with Crippen molar-refractivity contribution in [2.24, 2.45) is 0 Å². The monoisotopic (exact) mass is 166 g/mol. The van der Waals surface area contributed by atoms with Crippen LogP contribution in [0.1, 0.15) is 16.1 Å². The molecule has 5 heteroatoms. The molecule has 0 fully saturated rings. The lowest BCUT2D eigenvalue weighted by molar-refractivity contribution is 0.0696. The highest BCUT2D eigenvalue weighted by Gasteiger charge is 2.11. The molecule has 0 bridgehead atoms. The average Bonchev–Trinajstić information content (AvgIpc) is 2.03. The second kappa shape index (κ2) is 2.96. The summed E-state index contributed by atoms with van der Waals surface area (Å²) in [5.74, 6) is -2.16. The molecule has 0 unspecified atom stereocenters. The van der Waals surface area contributed by atoms with Crippen LogP contribution < -0.4 is 0 Å².